The summed E-state index contributed by atoms with van der Waals surface area (Å²) in [4.78, 5) is 13.6. The van der Waals surface area contributed by atoms with Crippen LogP contribution in [0.4, 0.5) is 0 Å². The fraction of sp³-hybridized carbons (Fsp3) is 0.533. The van der Waals surface area contributed by atoms with Crippen LogP contribution in [0.1, 0.15) is 16.8 Å². The van der Waals surface area contributed by atoms with E-state index in [2.05, 4.69) is 5.32 Å². The van der Waals surface area contributed by atoms with Gasteiger partial charge in [-0.15, -0.1) is 0 Å². The van der Waals surface area contributed by atoms with E-state index in [9.17, 15) is 13.2 Å². The van der Waals surface area contributed by atoms with Crippen molar-refractivity contribution < 1.29 is 17.9 Å². The zero-order chi connectivity index (χ0) is 18.1. The lowest BCUT2D eigenvalue weighted by molar-refractivity contribution is 0.0823. The van der Waals surface area contributed by atoms with Gasteiger partial charge in [0.05, 0.1) is 12.7 Å². The molecule has 0 radical (unpaired) electrons. The van der Waals surface area contributed by atoms with Crippen LogP contribution in [0.2, 0.25) is 5.02 Å². The Morgan fingerprint density at radius 1 is 1.33 bits per heavy atom. The molecule has 1 saturated heterocycles. The van der Waals surface area contributed by atoms with Crippen LogP contribution < -0.4 is 10.1 Å². The second-order valence-electron chi connectivity index (χ2n) is 5.85. The van der Waals surface area contributed by atoms with Crippen LogP contribution in [0.3, 0.4) is 0 Å². The third-order valence-corrected chi connectivity index (χ3v) is 6.20. The van der Waals surface area contributed by atoms with Crippen LogP contribution in [0.25, 0.3) is 0 Å². The van der Waals surface area contributed by atoms with E-state index in [0.29, 0.717) is 6.54 Å². The summed E-state index contributed by atoms with van der Waals surface area (Å²) in [5.74, 6) is -0.369. The van der Waals surface area contributed by atoms with Gasteiger partial charge in [-0.2, -0.15) is 4.31 Å². The van der Waals surface area contributed by atoms with Gasteiger partial charge in [0.1, 0.15) is 4.90 Å². The summed E-state index contributed by atoms with van der Waals surface area (Å²) in [6, 6.07) is 2.59. The fourth-order valence-electron chi connectivity index (χ4n) is 2.67. The normalized spacial score (nSPS) is 18.0. The fourth-order valence-corrected chi connectivity index (χ4v) is 4.54. The molecule has 1 aromatic carbocycles. The summed E-state index contributed by atoms with van der Waals surface area (Å²) in [6.45, 7) is 1.35. The highest BCUT2D eigenvalue weighted by Crippen LogP contribution is 2.34. The number of halogens is 1. The standard InChI is InChI=1S/C15H22ClN3O4S/c1-18(2)15(20)12-7-10(16)8-13(14(12)23-4)24(21,22)19(3)11-5-6-17-9-11/h7-8,11,17H,5-6,9H2,1-4H3. The molecule has 0 aromatic heterocycles. The third-order valence-electron chi connectivity index (χ3n) is 4.07. The SMILES string of the molecule is COc1c(C(=O)N(C)C)cc(Cl)cc1S(=O)(=O)N(C)C1CCNC1. The van der Waals surface area contributed by atoms with Crippen LogP contribution in [-0.2, 0) is 10.0 Å². The van der Waals surface area contributed by atoms with Crippen molar-refractivity contribution in [3.05, 3.63) is 22.7 Å². The quantitative estimate of drug-likeness (QED) is 0.831. The predicted molar refractivity (Wildman–Crippen MR) is 92.2 cm³/mol. The summed E-state index contributed by atoms with van der Waals surface area (Å²) < 4.78 is 32.6. The topological polar surface area (TPSA) is 79.0 Å². The number of rotatable bonds is 5. The molecule has 1 N–H and O–H groups in total. The Bertz CT molecular complexity index is 730. The van der Waals surface area contributed by atoms with Crippen molar-refractivity contribution in [2.75, 3.05) is 41.3 Å². The van der Waals surface area contributed by atoms with Crippen molar-refractivity contribution in [3.63, 3.8) is 0 Å². The molecule has 7 nitrogen and oxygen atoms in total. The number of amides is 1. The minimum atomic E-state index is -3.86. The Balaban J connectivity index is 2.58. The number of hydrogen-bond donors (Lipinski definition) is 1. The molecule has 134 valence electrons. The number of carbonyl (C=O) groups is 1. The number of methoxy groups -OCH3 is 1. The van der Waals surface area contributed by atoms with Crippen LogP contribution in [-0.4, -0.2) is 70.9 Å². The molecule has 1 fully saturated rings. The van der Waals surface area contributed by atoms with Crippen molar-refractivity contribution in [2.24, 2.45) is 0 Å². The second-order valence-corrected chi connectivity index (χ2v) is 8.25. The molecule has 1 aliphatic rings. The maximum Gasteiger partial charge on any atom is 0.257 e. The van der Waals surface area contributed by atoms with Crippen molar-refractivity contribution in [1.82, 2.24) is 14.5 Å². The third kappa shape index (κ3) is 3.51. The largest absolute Gasteiger partial charge is 0.494 e. The molecular weight excluding hydrogens is 354 g/mol. The first-order valence-electron chi connectivity index (χ1n) is 7.48. The maximum atomic E-state index is 13.0. The summed E-state index contributed by atoms with van der Waals surface area (Å²) in [5.41, 5.74) is 0.117. The van der Waals surface area contributed by atoms with Gasteiger partial charge in [-0.3, -0.25) is 4.79 Å². The number of benzene rings is 1. The molecule has 0 aliphatic carbocycles. The molecule has 1 aromatic rings. The zero-order valence-corrected chi connectivity index (χ0v) is 15.7. The first-order valence-corrected chi connectivity index (χ1v) is 9.30. The van der Waals surface area contributed by atoms with Crippen molar-refractivity contribution in [2.45, 2.75) is 17.4 Å². The predicted octanol–water partition coefficient (Wildman–Crippen LogP) is 1.03. The summed E-state index contributed by atoms with van der Waals surface area (Å²) >= 11 is 6.08. The second kappa shape index (κ2) is 7.26. The van der Waals surface area contributed by atoms with Crippen LogP contribution in [0.5, 0.6) is 5.75 Å². The van der Waals surface area contributed by atoms with Crippen molar-refractivity contribution >= 4 is 27.5 Å². The number of hydrogen-bond acceptors (Lipinski definition) is 5. The van der Waals surface area contributed by atoms with E-state index < -0.39 is 10.0 Å². The maximum absolute atomic E-state index is 13.0. The summed E-state index contributed by atoms with van der Waals surface area (Å²) in [5, 5.41) is 3.30. The van der Waals surface area contributed by atoms with Gasteiger partial charge >= 0.3 is 0 Å². The molecule has 1 aliphatic heterocycles. The Kier molecular flexibility index (Phi) is 5.74. The average molecular weight is 376 g/mol. The van der Waals surface area contributed by atoms with Gasteiger partial charge in [-0.05, 0) is 25.1 Å². The highest BCUT2D eigenvalue weighted by molar-refractivity contribution is 7.89. The van der Waals surface area contributed by atoms with Crippen LogP contribution in [0.15, 0.2) is 17.0 Å². The molecule has 9 heteroatoms. The molecule has 1 unspecified atom stereocenters. The smallest absolute Gasteiger partial charge is 0.257 e. The molecule has 0 bridgehead atoms. The monoisotopic (exact) mass is 375 g/mol. The van der Waals surface area contributed by atoms with E-state index in [0.717, 1.165) is 13.0 Å². The first-order chi connectivity index (χ1) is 11.2. The number of likely N-dealkylation sites (N-methyl/N-ethyl adjacent to an activating group) is 1. The van der Waals surface area contributed by atoms with Gasteiger partial charge in [0.25, 0.3) is 5.91 Å². The lowest BCUT2D eigenvalue weighted by Crippen LogP contribution is -2.38. The molecule has 1 amide bonds. The lowest BCUT2D eigenvalue weighted by Gasteiger charge is -2.25. The van der Waals surface area contributed by atoms with E-state index >= 15 is 0 Å². The first kappa shape index (κ1) is 19.0. The number of nitrogens with one attached hydrogen (secondary N) is 1. The minimum Gasteiger partial charge on any atom is -0.494 e. The van der Waals surface area contributed by atoms with Gasteiger partial charge in [0.15, 0.2) is 5.75 Å². The van der Waals surface area contributed by atoms with E-state index in [1.54, 1.807) is 14.1 Å². The highest BCUT2D eigenvalue weighted by Gasteiger charge is 2.34. The molecular formula is C15H22ClN3O4S. The van der Waals surface area contributed by atoms with Crippen LogP contribution in [0, 0.1) is 0 Å². The number of carbonyl (C=O) groups excluding carboxylic acids is 1. The molecule has 0 spiro atoms. The number of ether oxygens (including phenoxy) is 1. The van der Waals surface area contributed by atoms with Crippen molar-refractivity contribution in [1.29, 1.82) is 0 Å². The Morgan fingerprint density at radius 3 is 2.50 bits per heavy atom. The lowest BCUT2D eigenvalue weighted by atomic mass is 10.2. The summed E-state index contributed by atoms with van der Waals surface area (Å²) in [7, 11) is 2.16. The van der Waals surface area contributed by atoms with E-state index in [1.165, 1.54) is 35.5 Å². The average Bonchev–Trinajstić information content (AvgIpc) is 3.06. The van der Waals surface area contributed by atoms with E-state index in [4.69, 9.17) is 16.3 Å². The van der Waals surface area contributed by atoms with Gasteiger partial charge in [-0.1, -0.05) is 11.6 Å². The number of nitrogens with zero attached hydrogens (tertiary/aromatic N) is 2. The molecule has 2 rings (SSSR count). The van der Waals surface area contributed by atoms with Crippen LogP contribution >= 0.6 is 11.6 Å². The van der Waals surface area contributed by atoms with Crippen molar-refractivity contribution in [3.8, 4) is 5.75 Å². The molecule has 1 heterocycles. The van der Waals surface area contributed by atoms with Gasteiger partial charge in [0, 0.05) is 38.8 Å². The van der Waals surface area contributed by atoms with Gasteiger partial charge < -0.3 is 15.0 Å². The Labute approximate surface area is 147 Å². The van der Waals surface area contributed by atoms with E-state index in [-0.39, 0.29) is 33.2 Å². The van der Waals surface area contributed by atoms with E-state index in [1.807, 2.05) is 0 Å². The van der Waals surface area contributed by atoms with Gasteiger partial charge in [-0.25, -0.2) is 8.42 Å². The number of sulfonamides is 1. The molecule has 24 heavy (non-hydrogen) atoms. The zero-order valence-electron chi connectivity index (χ0n) is 14.2. The Morgan fingerprint density at radius 2 is 2.00 bits per heavy atom. The highest BCUT2D eigenvalue weighted by atomic mass is 35.5. The molecule has 1 atom stereocenters. The summed E-state index contributed by atoms with van der Waals surface area (Å²) in [6.07, 6.45) is 0.724. The molecule has 0 saturated carbocycles. The minimum absolute atomic E-state index is 0.0101. The van der Waals surface area contributed by atoms with Gasteiger partial charge in [0.2, 0.25) is 10.0 Å². The Hall–Kier alpha value is -1.35.